The van der Waals surface area contributed by atoms with E-state index in [0.717, 1.165) is 24.8 Å². The van der Waals surface area contributed by atoms with Crippen LogP contribution in [0.15, 0.2) is 30.3 Å². The highest BCUT2D eigenvalue weighted by atomic mass is 16.5. The molecule has 4 rings (SSSR count). The van der Waals surface area contributed by atoms with Crippen molar-refractivity contribution in [3.63, 3.8) is 0 Å². The van der Waals surface area contributed by atoms with Gasteiger partial charge in [-0.2, -0.15) is 0 Å². The summed E-state index contributed by atoms with van der Waals surface area (Å²) in [5.74, 6) is -2.29. The van der Waals surface area contributed by atoms with E-state index in [9.17, 15) is 34.2 Å². The van der Waals surface area contributed by atoms with Gasteiger partial charge in [-0.25, -0.2) is 4.79 Å². The molecule has 0 radical (unpaired) electrons. The summed E-state index contributed by atoms with van der Waals surface area (Å²) in [6, 6.07) is 6.35. The molecule has 2 saturated heterocycles. The molecule has 2 bridgehead atoms. The van der Waals surface area contributed by atoms with Crippen LogP contribution in [0.25, 0.3) is 0 Å². The van der Waals surface area contributed by atoms with Crippen LogP contribution < -0.4 is 10.6 Å². The Morgan fingerprint density at radius 3 is 2.25 bits per heavy atom. The normalized spacial score (nSPS) is 24.5. The second-order valence-electron chi connectivity index (χ2n) is 16.3. The lowest BCUT2D eigenvalue weighted by Gasteiger charge is -2.41. The number of carbonyl (C=O) groups is 5. The summed E-state index contributed by atoms with van der Waals surface area (Å²) < 4.78 is 11.9. The summed E-state index contributed by atoms with van der Waals surface area (Å²) >= 11 is 0. The van der Waals surface area contributed by atoms with Crippen molar-refractivity contribution < 1.29 is 43.7 Å². The summed E-state index contributed by atoms with van der Waals surface area (Å²) in [5, 5.41) is 25.8. The minimum absolute atomic E-state index is 0.0162. The molecule has 55 heavy (non-hydrogen) atoms. The number of likely N-dealkylation sites (N-methyl/N-ethyl adjacent to an activating group) is 1. The van der Waals surface area contributed by atoms with Crippen LogP contribution in [-0.2, 0) is 35.1 Å². The van der Waals surface area contributed by atoms with Crippen molar-refractivity contribution in [1.82, 2.24) is 25.3 Å². The number of ether oxygens (including phenoxy) is 2. The van der Waals surface area contributed by atoms with Gasteiger partial charge in [0.2, 0.25) is 23.6 Å². The van der Waals surface area contributed by atoms with Crippen LogP contribution in [0.3, 0.4) is 0 Å². The van der Waals surface area contributed by atoms with Gasteiger partial charge in [-0.05, 0) is 61.8 Å². The molecule has 1 aromatic rings. The maximum Gasteiger partial charge on any atom is 0.408 e. The number of piperidine rings is 1. The molecule has 14 heteroatoms. The molecule has 14 nitrogen and oxygen atoms in total. The molecule has 1 aromatic carbocycles. The van der Waals surface area contributed by atoms with Crippen molar-refractivity contribution in [3.05, 3.63) is 35.9 Å². The van der Waals surface area contributed by atoms with E-state index >= 15 is 0 Å². The van der Waals surface area contributed by atoms with E-state index in [1.165, 1.54) is 12.0 Å². The molecule has 1 aliphatic carbocycles. The van der Waals surface area contributed by atoms with Crippen LogP contribution in [0, 0.1) is 23.7 Å². The van der Waals surface area contributed by atoms with Crippen LogP contribution >= 0.6 is 0 Å². The number of rotatable bonds is 19. The first kappa shape index (κ1) is 44.0. The van der Waals surface area contributed by atoms with Crippen LogP contribution in [0.4, 0.5) is 4.79 Å². The fraction of sp³-hybridized carbons (Fsp3) is 0.732. The Labute approximate surface area is 326 Å². The second-order valence-corrected chi connectivity index (χ2v) is 16.3. The molecular formula is C41H65N5O9. The molecule has 2 aliphatic heterocycles. The minimum Gasteiger partial charge on any atom is -0.465 e. The van der Waals surface area contributed by atoms with Gasteiger partial charge < -0.3 is 40.1 Å². The van der Waals surface area contributed by atoms with Crippen molar-refractivity contribution in [2.24, 2.45) is 23.7 Å². The van der Waals surface area contributed by atoms with E-state index in [2.05, 4.69) is 10.6 Å². The third-order valence-corrected chi connectivity index (χ3v) is 12.5. The maximum absolute atomic E-state index is 14.3. The number of fused-ring (bicyclic) bond motifs is 2. The van der Waals surface area contributed by atoms with Gasteiger partial charge >= 0.3 is 6.09 Å². The third kappa shape index (κ3) is 10.2. The van der Waals surface area contributed by atoms with Gasteiger partial charge in [0.05, 0.1) is 49.3 Å². The third-order valence-electron chi connectivity index (χ3n) is 12.5. The number of hydrogen-bond acceptors (Lipinski definition) is 8. The zero-order valence-corrected chi connectivity index (χ0v) is 34.0. The number of methoxy groups -OCH3 is 2. The fourth-order valence-electron chi connectivity index (χ4n) is 9.27. The highest BCUT2D eigenvalue weighted by molar-refractivity contribution is 5.92. The number of carboxylic acid groups (broad SMARTS) is 1. The lowest BCUT2D eigenvalue weighted by molar-refractivity contribution is -0.148. The highest BCUT2D eigenvalue weighted by Crippen LogP contribution is 2.42. The summed E-state index contributed by atoms with van der Waals surface area (Å²) in [4.78, 5) is 72.4. The van der Waals surface area contributed by atoms with Crippen molar-refractivity contribution in [2.75, 3.05) is 34.4 Å². The van der Waals surface area contributed by atoms with Crippen LogP contribution in [0.1, 0.15) is 85.1 Å². The van der Waals surface area contributed by atoms with Crippen LogP contribution in [0.5, 0.6) is 0 Å². The van der Waals surface area contributed by atoms with Crippen LogP contribution in [0.2, 0.25) is 0 Å². The number of nitrogens with zero attached hydrogens (tertiary/aromatic N) is 3. The lowest BCUT2D eigenvalue weighted by Crippen LogP contribution is -2.60. The van der Waals surface area contributed by atoms with Crippen molar-refractivity contribution in [3.8, 4) is 0 Å². The van der Waals surface area contributed by atoms with Gasteiger partial charge in [-0.1, -0.05) is 71.4 Å². The Balaban J connectivity index is 1.46. The standard InChI is InChI=1S/C41H65N5O9/c1-9-25(4)35(44(6)40(51)34(24(2)3)43-39(50)36-28-17-18-30(21-28)46(36)41(52)53)32(54-7)22-33(48)45-19-13-16-31(45)37(55-8)26(5)38(49)42-29(23-47)20-27-14-11-10-12-15-27/h10-12,14-15,24-26,28-32,34-37,47H,9,13,16-23H2,1-8H3,(H,42,49)(H,43,50)(H,52,53)/t25-,26+,28-,29?,30+,31?,32+,34?,35-,36-,37+/m0/s1. The molecule has 0 aromatic heterocycles. The molecule has 2 heterocycles. The van der Waals surface area contributed by atoms with Gasteiger partial charge in [-0.15, -0.1) is 0 Å². The van der Waals surface area contributed by atoms with E-state index in [0.29, 0.717) is 32.2 Å². The number of aliphatic hydroxyl groups excluding tert-OH is 1. The van der Waals surface area contributed by atoms with E-state index in [-0.39, 0.29) is 60.6 Å². The molecule has 4 N–H and O–H groups in total. The zero-order chi connectivity index (χ0) is 40.6. The van der Waals surface area contributed by atoms with E-state index in [1.807, 2.05) is 58.0 Å². The molecule has 1 saturated carbocycles. The number of aliphatic hydroxyl groups is 1. The zero-order valence-electron chi connectivity index (χ0n) is 34.0. The predicted molar refractivity (Wildman–Crippen MR) is 207 cm³/mol. The number of nitrogens with one attached hydrogen (secondary N) is 2. The molecule has 3 fully saturated rings. The minimum atomic E-state index is -1.12. The first-order valence-corrected chi connectivity index (χ1v) is 20.1. The number of carbonyl (C=O) groups excluding carboxylic acids is 4. The molecular weight excluding hydrogens is 706 g/mol. The van der Waals surface area contributed by atoms with E-state index in [1.54, 1.807) is 30.9 Å². The van der Waals surface area contributed by atoms with E-state index in [4.69, 9.17) is 9.47 Å². The number of benzene rings is 1. The summed E-state index contributed by atoms with van der Waals surface area (Å²) in [5.41, 5.74) is 0.994. The fourth-order valence-corrected chi connectivity index (χ4v) is 9.27. The Kier molecular flexibility index (Phi) is 15.9. The number of hydrogen-bond donors (Lipinski definition) is 4. The van der Waals surface area contributed by atoms with Gasteiger partial charge in [0.15, 0.2) is 0 Å². The Morgan fingerprint density at radius 2 is 1.67 bits per heavy atom. The molecule has 5 amide bonds. The average molecular weight is 772 g/mol. The molecule has 3 aliphatic rings. The quantitative estimate of drug-likeness (QED) is 0.164. The van der Waals surface area contributed by atoms with Crippen LogP contribution in [-0.4, -0.2) is 138 Å². The van der Waals surface area contributed by atoms with Crippen molar-refractivity contribution >= 4 is 29.7 Å². The largest absolute Gasteiger partial charge is 0.465 e. The monoisotopic (exact) mass is 771 g/mol. The molecule has 0 spiro atoms. The number of amides is 5. The smallest absolute Gasteiger partial charge is 0.408 e. The summed E-state index contributed by atoms with van der Waals surface area (Å²) in [6.45, 7) is 9.75. The Hall–Kier alpha value is -3.75. The maximum atomic E-state index is 14.3. The summed E-state index contributed by atoms with van der Waals surface area (Å²) in [6.07, 6.45) is 2.31. The van der Waals surface area contributed by atoms with Crippen molar-refractivity contribution in [2.45, 2.75) is 134 Å². The Morgan fingerprint density at radius 1 is 0.982 bits per heavy atom. The topological polar surface area (TPSA) is 178 Å². The first-order valence-electron chi connectivity index (χ1n) is 20.1. The second kappa shape index (κ2) is 19.9. The molecule has 3 unspecified atom stereocenters. The first-order chi connectivity index (χ1) is 26.2. The van der Waals surface area contributed by atoms with Gasteiger partial charge in [0, 0.05) is 33.9 Å². The van der Waals surface area contributed by atoms with Gasteiger partial charge in [-0.3, -0.25) is 24.1 Å². The van der Waals surface area contributed by atoms with Gasteiger partial charge in [0.25, 0.3) is 0 Å². The number of likely N-dealkylation sites (tertiary alicyclic amines) is 2. The summed E-state index contributed by atoms with van der Waals surface area (Å²) in [7, 11) is 4.75. The molecule has 11 atom stereocenters. The predicted octanol–water partition coefficient (Wildman–Crippen LogP) is 3.30. The molecule has 308 valence electrons. The average Bonchev–Trinajstić information content (AvgIpc) is 3.94. The highest BCUT2D eigenvalue weighted by Gasteiger charge is 2.52. The van der Waals surface area contributed by atoms with E-state index < -0.39 is 54.3 Å². The SMILES string of the molecule is CC[C@H](C)[C@@H]([C@@H](CC(=O)N1CCCC1[C@H](OC)[C@@H](C)C(=O)NC(CO)Cc1ccccc1)OC)N(C)C(=O)C(NC(=O)[C@@H]1[C@H]2CC[C@H](C2)N1C(=O)O)C(C)C. The van der Waals surface area contributed by atoms with Gasteiger partial charge in [0.1, 0.15) is 12.1 Å². The lowest BCUT2D eigenvalue weighted by atomic mass is 9.89. The van der Waals surface area contributed by atoms with Crippen molar-refractivity contribution in [1.29, 1.82) is 0 Å². The Bertz CT molecular complexity index is 1460.